The fourth-order valence-electron chi connectivity index (χ4n) is 5.35. The number of aromatic nitrogens is 2. The summed E-state index contributed by atoms with van der Waals surface area (Å²) in [4.78, 5) is 41.8. The number of piperidine rings is 1. The van der Waals surface area contributed by atoms with Crippen molar-refractivity contribution in [2.24, 2.45) is 5.73 Å². The Morgan fingerprint density at radius 1 is 1.02 bits per heavy atom. The molecule has 2 aromatic carbocycles. The summed E-state index contributed by atoms with van der Waals surface area (Å²) in [7, 11) is 0. The van der Waals surface area contributed by atoms with Crippen molar-refractivity contribution in [1.82, 2.24) is 19.8 Å². The van der Waals surface area contributed by atoms with Gasteiger partial charge in [-0.25, -0.2) is 9.97 Å². The van der Waals surface area contributed by atoms with Gasteiger partial charge in [0.1, 0.15) is 10.8 Å². The number of nitrogens with zero attached hydrogens (tertiary/aromatic N) is 5. The Balaban J connectivity index is 1.09. The molecule has 2 fully saturated rings. The number of carbonyl (C=O) groups is 2. The molecule has 2 aliphatic rings. The second-order valence-corrected chi connectivity index (χ2v) is 13.4. The van der Waals surface area contributed by atoms with Crippen LogP contribution in [0.4, 0.5) is 17.3 Å². The van der Waals surface area contributed by atoms with Crippen LogP contribution in [0.2, 0.25) is 5.02 Å². The Labute approximate surface area is 268 Å². The molecule has 0 unspecified atom stereocenters. The van der Waals surface area contributed by atoms with Gasteiger partial charge in [0.05, 0.1) is 16.9 Å². The van der Waals surface area contributed by atoms with Gasteiger partial charge in [0.2, 0.25) is 11.8 Å². The number of nitrogens with one attached hydrogen (secondary N) is 1. The van der Waals surface area contributed by atoms with E-state index in [0.717, 1.165) is 51.4 Å². The minimum absolute atomic E-state index is 0.00960. The van der Waals surface area contributed by atoms with Gasteiger partial charge < -0.3 is 26.6 Å². The van der Waals surface area contributed by atoms with Crippen molar-refractivity contribution >= 4 is 52.5 Å². The predicted molar refractivity (Wildman–Crippen MR) is 177 cm³/mol. The van der Waals surface area contributed by atoms with E-state index in [9.17, 15) is 9.59 Å². The van der Waals surface area contributed by atoms with Gasteiger partial charge in [0.15, 0.2) is 5.82 Å². The minimum atomic E-state index is -0.265. The van der Waals surface area contributed by atoms with Crippen LogP contribution >= 0.6 is 23.4 Å². The minimum Gasteiger partial charge on any atom is -0.381 e. The van der Waals surface area contributed by atoms with E-state index in [4.69, 9.17) is 23.1 Å². The third kappa shape index (κ3) is 8.41. The highest BCUT2D eigenvalue weighted by atomic mass is 35.5. The molecule has 0 atom stereocenters. The lowest BCUT2D eigenvalue weighted by Gasteiger charge is -2.37. The number of nitrogen functional groups attached to an aromatic ring is 1. The number of rotatable bonds is 9. The molecule has 0 radical (unpaired) electrons. The SMILES string of the molecule is Cc1ccc(CN2CCN(C(=O)CCC(=O)Nc3cccc(Sc4ncc(N5CCC(C)(N)CC5)nc4N)c3Cl)CC2)cc1. The molecule has 5 rings (SSSR count). The smallest absolute Gasteiger partial charge is 0.224 e. The second kappa shape index (κ2) is 14.2. The summed E-state index contributed by atoms with van der Waals surface area (Å²) < 4.78 is 0. The molecule has 0 aliphatic carbocycles. The molecular weight excluding hydrogens is 596 g/mol. The van der Waals surface area contributed by atoms with Crippen molar-refractivity contribution < 1.29 is 9.59 Å². The summed E-state index contributed by atoms with van der Waals surface area (Å²) in [5, 5.41) is 3.77. The van der Waals surface area contributed by atoms with Crippen molar-refractivity contribution in [1.29, 1.82) is 0 Å². The van der Waals surface area contributed by atoms with E-state index in [-0.39, 0.29) is 30.2 Å². The lowest BCUT2D eigenvalue weighted by Crippen LogP contribution is -2.48. The van der Waals surface area contributed by atoms with E-state index in [1.165, 1.54) is 22.9 Å². The quantitative estimate of drug-likeness (QED) is 0.309. The fourth-order valence-corrected chi connectivity index (χ4v) is 6.45. The van der Waals surface area contributed by atoms with Crippen LogP contribution in [0.5, 0.6) is 0 Å². The zero-order valence-corrected chi connectivity index (χ0v) is 27.0. The summed E-state index contributed by atoms with van der Waals surface area (Å²) in [6.45, 7) is 9.59. The van der Waals surface area contributed by atoms with Crippen LogP contribution in [0.1, 0.15) is 43.7 Å². The molecule has 2 amide bonds. The second-order valence-electron chi connectivity index (χ2n) is 12.0. The summed E-state index contributed by atoms with van der Waals surface area (Å²) in [5.41, 5.74) is 15.4. The molecule has 0 bridgehead atoms. The molecule has 5 N–H and O–H groups in total. The maximum atomic E-state index is 12.8. The first-order chi connectivity index (χ1) is 21.1. The molecule has 234 valence electrons. The van der Waals surface area contributed by atoms with Gasteiger partial charge in [0.25, 0.3) is 0 Å². The largest absolute Gasteiger partial charge is 0.381 e. The Hall–Kier alpha value is -3.38. The summed E-state index contributed by atoms with van der Waals surface area (Å²) >= 11 is 7.96. The van der Waals surface area contributed by atoms with Crippen LogP contribution in [0, 0.1) is 6.92 Å². The molecule has 0 spiro atoms. The highest BCUT2D eigenvalue weighted by molar-refractivity contribution is 7.99. The van der Waals surface area contributed by atoms with E-state index in [1.54, 1.807) is 18.3 Å². The molecule has 12 heteroatoms. The standard InChI is InChI=1S/C32H41ClN8O2S/c1-22-6-8-23(9-7-22)21-39-16-18-41(19-17-39)28(43)11-10-27(42)37-24-4-3-5-25(29(24)33)44-31-30(34)38-26(20-36-31)40-14-12-32(2,35)13-15-40/h3-9,20H,10-19,21,35H2,1-2H3,(H2,34,38)(H,37,42). The Kier molecular flexibility index (Phi) is 10.3. The number of halogens is 1. The van der Waals surface area contributed by atoms with Crippen LogP contribution in [0.15, 0.2) is 58.6 Å². The van der Waals surface area contributed by atoms with Gasteiger partial charge in [-0.3, -0.25) is 14.5 Å². The van der Waals surface area contributed by atoms with Gasteiger partial charge in [-0.2, -0.15) is 0 Å². The zero-order valence-electron chi connectivity index (χ0n) is 25.4. The van der Waals surface area contributed by atoms with Gasteiger partial charge >= 0.3 is 0 Å². The first kappa shape index (κ1) is 32.0. The number of benzene rings is 2. The molecular formula is C32H41ClN8O2S. The number of anilines is 3. The molecule has 44 heavy (non-hydrogen) atoms. The Bertz CT molecular complexity index is 1470. The maximum Gasteiger partial charge on any atom is 0.224 e. The number of hydrogen-bond donors (Lipinski definition) is 3. The lowest BCUT2D eigenvalue weighted by atomic mass is 9.91. The lowest BCUT2D eigenvalue weighted by molar-refractivity contribution is -0.134. The van der Waals surface area contributed by atoms with Gasteiger partial charge in [0, 0.05) is 69.1 Å². The van der Waals surface area contributed by atoms with Crippen molar-refractivity contribution in [3.8, 4) is 0 Å². The van der Waals surface area contributed by atoms with Gasteiger partial charge in [-0.15, -0.1) is 0 Å². The van der Waals surface area contributed by atoms with Crippen molar-refractivity contribution in [3.05, 3.63) is 64.8 Å². The normalized spacial score (nSPS) is 17.0. The molecule has 3 heterocycles. The van der Waals surface area contributed by atoms with E-state index >= 15 is 0 Å². The maximum absolute atomic E-state index is 12.8. The fraction of sp³-hybridized carbons (Fsp3) is 0.438. The highest BCUT2D eigenvalue weighted by Crippen LogP contribution is 2.38. The number of carbonyl (C=O) groups excluding carboxylic acids is 2. The number of hydrogen-bond acceptors (Lipinski definition) is 9. The average molecular weight is 637 g/mol. The number of amides is 2. The number of aryl methyl sites for hydroxylation is 1. The monoisotopic (exact) mass is 636 g/mol. The summed E-state index contributed by atoms with van der Waals surface area (Å²) in [5.74, 6) is 0.769. The average Bonchev–Trinajstić information content (AvgIpc) is 3.00. The van der Waals surface area contributed by atoms with E-state index in [2.05, 4.69) is 63.2 Å². The third-order valence-electron chi connectivity index (χ3n) is 8.24. The number of piperazine rings is 1. The van der Waals surface area contributed by atoms with E-state index in [0.29, 0.717) is 39.5 Å². The van der Waals surface area contributed by atoms with Crippen LogP contribution in [0.3, 0.4) is 0 Å². The van der Waals surface area contributed by atoms with Gasteiger partial charge in [-0.05, 0) is 44.4 Å². The highest BCUT2D eigenvalue weighted by Gasteiger charge is 2.27. The zero-order chi connectivity index (χ0) is 31.3. The molecule has 2 aliphatic heterocycles. The molecule has 2 saturated heterocycles. The van der Waals surface area contributed by atoms with Crippen LogP contribution in [-0.2, 0) is 16.1 Å². The third-order valence-corrected chi connectivity index (χ3v) is 9.83. The van der Waals surface area contributed by atoms with Crippen LogP contribution in [-0.4, -0.2) is 76.4 Å². The van der Waals surface area contributed by atoms with E-state index in [1.807, 2.05) is 11.0 Å². The van der Waals surface area contributed by atoms with Crippen LogP contribution < -0.4 is 21.7 Å². The summed E-state index contributed by atoms with van der Waals surface area (Å²) in [6.07, 6.45) is 3.70. The van der Waals surface area contributed by atoms with Crippen molar-refractivity contribution in [2.75, 3.05) is 55.2 Å². The Morgan fingerprint density at radius 2 is 1.73 bits per heavy atom. The van der Waals surface area contributed by atoms with Crippen molar-refractivity contribution in [3.63, 3.8) is 0 Å². The number of nitrogens with two attached hydrogens (primary N) is 2. The summed E-state index contributed by atoms with van der Waals surface area (Å²) in [6, 6.07) is 13.9. The molecule has 1 aromatic heterocycles. The van der Waals surface area contributed by atoms with Crippen molar-refractivity contribution in [2.45, 2.75) is 61.5 Å². The van der Waals surface area contributed by atoms with Crippen LogP contribution in [0.25, 0.3) is 0 Å². The molecule has 10 nitrogen and oxygen atoms in total. The topological polar surface area (TPSA) is 134 Å². The Morgan fingerprint density at radius 3 is 2.41 bits per heavy atom. The molecule has 0 saturated carbocycles. The molecule has 3 aromatic rings. The first-order valence-corrected chi connectivity index (χ1v) is 16.2. The van der Waals surface area contributed by atoms with E-state index < -0.39 is 0 Å². The van der Waals surface area contributed by atoms with Gasteiger partial charge in [-0.1, -0.05) is 59.3 Å². The first-order valence-electron chi connectivity index (χ1n) is 15.0. The predicted octanol–water partition coefficient (Wildman–Crippen LogP) is 4.55.